The number of rotatable bonds is 3. The molecular weight excluding hydrogens is 463 g/mol. The Balaban J connectivity index is 1.63. The number of furan rings is 1. The Morgan fingerprint density at radius 3 is 2.64 bits per heavy atom. The first-order valence-corrected chi connectivity index (χ1v) is 9.90. The van der Waals surface area contributed by atoms with Gasteiger partial charge in [-0.3, -0.25) is 4.79 Å². The number of halogens is 3. The Bertz CT molecular complexity index is 1150. The van der Waals surface area contributed by atoms with Gasteiger partial charge in [-0.1, -0.05) is 51.3 Å². The highest BCUT2D eigenvalue weighted by atomic mass is 79.9. The number of hydrogen-bond acceptors (Lipinski definition) is 3. The first kappa shape index (κ1) is 19.0. The molecule has 28 heavy (non-hydrogen) atoms. The molecule has 0 fully saturated rings. The third-order valence-electron chi connectivity index (χ3n) is 4.23. The van der Waals surface area contributed by atoms with Crippen LogP contribution in [0.5, 0.6) is 0 Å². The molecule has 4 nitrogen and oxygen atoms in total. The van der Waals surface area contributed by atoms with Crippen LogP contribution >= 0.6 is 39.1 Å². The van der Waals surface area contributed by atoms with Gasteiger partial charge >= 0.3 is 0 Å². The number of carbonyl (C=O) groups excluding carboxylic acids is 1. The topological polar surface area (TPSA) is 45.8 Å². The van der Waals surface area contributed by atoms with Gasteiger partial charge in [0.15, 0.2) is 0 Å². The largest absolute Gasteiger partial charge is 0.457 e. The van der Waals surface area contributed by atoms with Gasteiger partial charge in [0, 0.05) is 10.0 Å². The predicted octanol–water partition coefficient (Wildman–Crippen LogP) is 6.82. The Hall–Kier alpha value is -2.34. The molecule has 0 spiro atoms. The maximum absolute atomic E-state index is 12.9. The highest BCUT2D eigenvalue weighted by Gasteiger charge is 2.29. The van der Waals surface area contributed by atoms with Crippen LogP contribution in [0.2, 0.25) is 10.0 Å². The lowest BCUT2D eigenvalue weighted by Crippen LogP contribution is -2.21. The Labute approximate surface area is 180 Å². The third-order valence-corrected chi connectivity index (χ3v) is 5.47. The molecule has 0 bridgehead atoms. The zero-order valence-electron chi connectivity index (χ0n) is 14.6. The molecule has 0 saturated carbocycles. The Morgan fingerprint density at radius 1 is 1.07 bits per heavy atom. The number of carbonyl (C=O) groups is 1. The van der Waals surface area contributed by atoms with Gasteiger partial charge in [0.2, 0.25) is 0 Å². The number of hydrogen-bond donors (Lipinski definition) is 0. The predicted molar refractivity (Wildman–Crippen MR) is 117 cm³/mol. The summed E-state index contributed by atoms with van der Waals surface area (Å²) < 4.78 is 6.86. The average molecular weight is 476 g/mol. The van der Waals surface area contributed by atoms with E-state index in [0.29, 0.717) is 32.8 Å². The van der Waals surface area contributed by atoms with E-state index in [-0.39, 0.29) is 5.91 Å². The molecule has 1 aliphatic rings. The molecule has 2 heterocycles. The molecule has 0 N–H and O–H groups in total. The summed E-state index contributed by atoms with van der Waals surface area (Å²) in [6, 6.07) is 16.5. The van der Waals surface area contributed by atoms with Crippen molar-refractivity contribution < 1.29 is 9.21 Å². The monoisotopic (exact) mass is 474 g/mol. The second kappa shape index (κ2) is 7.59. The first-order chi connectivity index (χ1) is 13.4. The summed E-state index contributed by atoms with van der Waals surface area (Å²) in [5.41, 5.74) is 2.55. The van der Waals surface area contributed by atoms with Crippen LogP contribution in [0.3, 0.4) is 0 Å². The van der Waals surface area contributed by atoms with E-state index >= 15 is 0 Å². The van der Waals surface area contributed by atoms with Crippen molar-refractivity contribution in [2.24, 2.45) is 5.10 Å². The molecule has 4 rings (SSSR count). The number of anilines is 1. The van der Waals surface area contributed by atoms with Gasteiger partial charge in [0.05, 0.1) is 27.0 Å². The summed E-state index contributed by atoms with van der Waals surface area (Å²) >= 11 is 15.5. The van der Waals surface area contributed by atoms with Crippen molar-refractivity contribution in [3.8, 4) is 11.3 Å². The highest BCUT2D eigenvalue weighted by Crippen LogP contribution is 2.31. The minimum atomic E-state index is -0.253. The summed E-state index contributed by atoms with van der Waals surface area (Å²) in [7, 11) is 0. The zero-order chi connectivity index (χ0) is 19.8. The summed E-state index contributed by atoms with van der Waals surface area (Å²) in [5, 5.41) is 6.44. The van der Waals surface area contributed by atoms with E-state index in [1.165, 1.54) is 5.01 Å². The van der Waals surface area contributed by atoms with Crippen LogP contribution in [0.4, 0.5) is 5.69 Å². The molecule has 1 aliphatic heterocycles. The molecular formula is C21H13BrCl2N2O2. The standard InChI is InChI=1S/C21H13BrCl2N2O2/c1-12-17(21(27)26(25-12)15-5-7-18(23)19(24)10-15)11-16-6-8-20(28-16)13-3-2-4-14(22)9-13/h2-11H,1H3/b17-11-. The fraction of sp³-hybridized carbons (Fsp3) is 0.0476. The van der Waals surface area contributed by atoms with E-state index in [1.807, 2.05) is 36.4 Å². The van der Waals surface area contributed by atoms with Crippen LogP contribution in [0.25, 0.3) is 17.4 Å². The van der Waals surface area contributed by atoms with Crippen molar-refractivity contribution >= 4 is 62.5 Å². The normalized spacial score (nSPS) is 15.4. The van der Waals surface area contributed by atoms with E-state index in [1.54, 1.807) is 31.2 Å². The van der Waals surface area contributed by atoms with Gasteiger partial charge in [-0.05, 0) is 55.5 Å². The third kappa shape index (κ3) is 3.65. The molecule has 140 valence electrons. The molecule has 0 radical (unpaired) electrons. The van der Waals surface area contributed by atoms with E-state index in [2.05, 4.69) is 21.0 Å². The number of hydrazone groups is 1. The lowest BCUT2D eigenvalue weighted by atomic mass is 10.1. The van der Waals surface area contributed by atoms with Crippen molar-refractivity contribution in [3.63, 3.8) is 0 Å². The van der Waals surface area contributed by atoms with Crippen molar-refractivity contribution in [1.29, 1.82) is 0 Å². The summed E-state index contributed by atoms with van der Waals surface area (Å²) in [6.07, 6.45) is 1.69. The quantitative estimate of drug-likeness (QED) is 0.390. The van der Waals surface area contributed by atoms with Crippen LogP contribution in [0.15, 0.2) is 74.2 Å². The van der Waals surface area contributed by atoms with E-state index in [4.69, 9.17) is 27.6 Å². The van der Waals surface area contributed by atoms with Crippen LogP contribution in [0.1, 0.15) is 12.7 Å². The molecule has 7 heteroatoms. The minimum Gasteiger partial charge on any atom is -0.457 e. The van der Waals surface area contributed by atoms with E-state index in [9.17, 15) is 4.79 Å². The molecule has 0 aliphatic carbocycles. The lowest BCUT2D eigenvalue weighted by Gasteiger charge is -2.12. The second-order valence-corrected chi connectivity index (χ2v) is 7.90. The van der Waals surface area contributed by atoms with Crippen molar-refractivity contribution in [3.05, 3.63) is 80.4 Å². The molecule has 0 saturated heterocycles. The fourth-order valence-corrected chi connectivity index (χ4v) is 3.54. The van der Waals surface area contributed by atoms with Crippen molar-refractivity contribution in [1.82, 2.24) is 0 Å². The summed E-state index contributed by atoms with van der Waals surface area (Å²) in [5.74, 6) is 1.04. The molecule has 0 atom stereocenters. The van der Waals surface area contributed by atoms with Gasteiger partial charge in [-0.2, -0.15) is 10.1 Å². The number of amides is 1. The van der Waals surface area contributed by atoms with Gasteiger partial charge in [0.1, 0.15) is 11.5 Å². The zero-order valence-corrected chi connectivity index (χ0v) is 17.7. The van der Waals surface area contributed by atoms with Crippen molar-refractivity contribution in [2.45, 2.75) is 6.92 Å². The molecule has 1 aromatic heterocycles. The van der Waals surface area contributed by atoms with Gasteiger partial charge in [0.25, 0.3) is 5.91 Å². The average Bonchev–Trinajstić information content (AvgIpc) is 3.24. The van der Waals surface area contributed by atoms with Gasteiger partial charge in [-0.15, -0.1) is 0 Å². The van der Waals surface area contributed by atoms with E-state index < -0.39 is 0 Å². The summed E-state index contributed by atoms with van der Waals surface area (Å²) in [6.45, 7) is 1.78. The van der Waals surface area contributed by atoms with E-state index in [0.717, 1.165) is 15.8 Å². The second-order valence-electron chi connectivity index (χ2n) is 6.17. The maximum atomic E-state index is 12.9. The van der Waals surface area contributed by atoms with Crippen LogP contribution < -0.4 is 5.01 Å². The Kier molecular flexibility index (Phi) is 5.15. The lowest BCUT2D eigenvalue weighted by molar-refractivity contribution is -0.114. The van der Waals surface area contributed by atoms with Crippen LogP contribution in [-0.2, 0) is 4.79 Å². The van der Waals surface area contributed by atoms with Gasteiger partial charge in [-0.25, -0.2) is 0 Å². The van der Waals surface area contributed by atoms with Crippen molar-refractivity contribution in [2.75, 3.05) is 5.01 Å². The first-order valence-electron chi connectivity index (χ1n) is 8.35. The molecule has 0 unspecified atom stereocenters. The number of benzene rings is 2. The SMILES string of the molecule is CC1=NN(c2ccc(Cl)c(Cl)c2)C(=O)/C1=C\c1ccc(-c2cccc(Br)c2)o1. The number of nitrogens with zero attached hydrogens (tertiary/aromatic N) is 2. The van der Waals surface area contributed by atoms with Crippen LogP contribution in [0, 0.1) is 0 Å². The summed E-state index contributed by atoms with van der Waals surface area (Å²) in [4.78, 5) is 12.9. The fourth-order valence-electron chi connectivity index (χ4n) is 2.85. The molecule has 2 aromatic carbocycles. The highest BCUT2D eigenvalue weighted by molar-refractivity contribution is 9.10. The van der Waals surface area contributed by atoms with Crippen LogP contribution in [-0.4, -0.2) is 11.6 Å². The molecule has 1 amide bonds. The maximum Gasteiger partial charge on any atom is 0.280 e. The minimum absolute atomic E-state index is 0.253. The molecule has 3 aromatic rings. The smallest absolute Gasteiger partial charge is 0.280 e. The van der Waals surface area contributed by atoms with Gasteiger partial charge < -0.3 is 4.42 Å². The Morgan fingerprint density at radius 2 is 1.89 bits per heavy atom.